The predicted molar refractivity (Wildman–Crippen MR) is 124 cm³/mol. The average molecular weight is 391 g/mol. The first-order valence-corrected chi connectivity index (χ1v) is 10.3. The number of aromatic nitrogens is 1. The van der Waals surface area contributed by atoms with Crippen molar-refractivity contribution in [3.8, 4) is 5.75 Å². The molecule has 0 bridgehead atoms. The summed E-state index contributed by atoms with van der Waals surface area (Å²) in [5.41, 5.74) is 7.27. The molecule has 3 aromatic rings. The highest BCUT2D eigenvalue weighted by Gasteiger charge is 2.26. The highest BCUT2D eigenvalue weighted by Crippen LogP contribution is 2.40. The van der Waals surface area contributed by atoms with Crippen LogP contribution >= 0.6 is 0 Å². The van der Waals surface area contributed by atoms with Crippen LogP contribution in [0.25, 0.3) is 10.9 Å². The standard InChI is InChI=1S/C26H34N2O/c1-16-11-17(2)28-23-14-19(9-10-20(16)23)27-15-18-12-21(25(3,4)5)24(29)22(13-18)26(6,7)8/h9-14,27,29H,15H2,1-8H3. The number of benzene rings is 2. The van der Waals surface area contributed by atoms with Gasteiger partial charge in [0.15, 0.2) is 0 Å². The molecule has 1 aromatic heterocycles. The van der Waals surface area contributed by atoms with E-state index in [4.69, 9.17) is 0 Å². The third-order valence-electron chi connectivity index (χ3n) is 5.43. The molecule has 0 spiro atoms. The largest absolute Gasteiger partial charge is 0.507 e. The zero-order valence-electron chi connectivity index (χ0n) is 19.1. The molecular weight excluding hydrogens is 356 g/mol. The molecule has 0 unspecified atom stereocenters. The lowest BCUT2D eigenvalue weighted by molar-refractivity contribution is 0.423. The number of nitrogens with one attached hydrogen (secondary N) is 1. The summed E-state index contributed by atoms with van der Waals surface area (Å²) in [4.78, 5) is 4.68. The fraction of sp³-hybridized carbons (Fsp3) is 0.423. The quantitative estimate of drug-likeness (QED) is 0.519. The molecular formula is C26H34N2O. The Bertz CT molecular complexity index is 1020. The van der Waals surface area contributed by atoms with E-state index in [0.717, 1.165) is 28.0 Å². The minimum absolute atomic E-state index is 0.123. The lowest BCUT2D eigenvalue weighted by Crippen LogP contribution is -2.18. The van der Waals surface area contributed by atoms with E-state index < -0.39 is 0 Å². The molecule has 2 N–H and O–H groups in total. The van der Waals surface area contributed by atoms with E-state index >= 15 is 0 Å². The first-order valence-electron chi connectivity index (χ1n) is 10.3. The Labute approximate surface area is 175 Å². The summed E-state index contributed by atoms with van der Waals surface area (Å²) >= 11 is 0. The lowest BCUT2D eigenvalue weighted by Gasteiger charge is -2.28. The maximum atomic E-state index is 10.9. The summed E-state index contributed by atoms with van der Waals surface area (Å²) in [6.45, 7) is 17.7. The van der Waals surface area contributed by atoms with Gasteiger partial charge < -0.3 is 10.4 Å². The van der Waals surface area contributed by atoms with E-state index in [2.05, 4.69) is 95.2 Å². The SMILES string of the molecule is Cc1cc(C)c2ccc(NCc3cc(C(C)(C)C)c(O)c(C(C)(C)C)c3)cc2n1. The number of hydrogen-bond donors (Lipinski definition) is 2. The summed E-state index contributed by atoms with van der Waals surface area (Å²) in [6.07, 6.45) is 0. The van der Waals surface area contributed by atoms with Crippen LogP contribution in [0, 0.1) is 13.8 Å². The topological polar surface area (TPSA) is 45.1 Å². The number of nitrogens with zero attached hydrogens (tertiary/aromatic N) is 1. The number of fused-ring (bicyclic) bond motifs is 1. The Morgan fingerprint density at radius 1 is 0.862 bits per heavy atom. The zero-order valence-corrected chi connectivity index (χ0v) is 19.1. The van der Waals surface area contributed by atoms with Crippen molar-refractivity contribution >= 4 is 16.6 Å². The second kappa shape index (κ2) is 7.37. The predicted octanol–water partition coefficient (Wildman–Crippen LogP) is 6.76. The second-order valence-corrected chi connectivity index (χ2v) is 10.2. The van der Waals surface area contributed by atoms with Crippen molar-refractivity contribution in [2.24, 2.45) is 0 Å². The zero-order chi connectivity index (χ0) is 21.6. The van der Waals surface area contributed by atoms with Crippen LogP contribution in [-0.2, 0) is 17.4 Å². The summed E-state index contributed by atoms with van der Waals surface area (Å²) in [7, 11) is 0. The van der Waals surface area contributed by atoms with Gasteiger partial charge in [-0.2, -0.15) is 0 Å². The van der Waals surface area contributed by atoms with Crippen LogP contribution in [0.1, 0.15) is 69.5 Å². The third-order valence-corrected chi connectivity index (χ3v) is 5.43. The maximum absolute atomic E-state index is 10.9. The van der Waals surface area contributed by atoms with Crippen LogP contribution in [0.4, 0.5) is 5.69 Å². The van der Waals surface area contributed by atoms with Gasteiger partial charge in [-0.3, -0.25) is 4.98 Å². The molecule has 0 saturated heterocycles. The first-order chi connectivity index (χ1) is 13.4. The van der Waals surface area contributed by atoms with Gasteiger partial charge in [-0.1, -0.05) is 47.6 Å². The van der Waals surface area contributed by atoms with Crippen LogP contribution in [0.5, 0.6) is 5.75 Å². The molecule has 2 aromatic carbocycles. The van der Waals surface area contributed by atoms with Crippen LogP contribution < -0.4 is 5.32 Å². The third kappa shape index (κ3) is 4.55. The molecule has 3 heteroatoms. The minimum atomic E-state index is -0.123. The number of pyridine rings is 1. The van der Waals surface area contributed by atoms with Crippen molar-refractivity contribution in [1.82, 2.24) is 4.98 Å². The van der Waals surface area contributed by atoms with E-state index in [-0.39, 0.29) is 10.8 Å². The molecule has 3 rings (SSSR count). The number of phenols is 1. The Balaban J connectivity index is 1.95. The minimum Gasteiger partial charge on any atom is -0.507 e. The van der Waals surface area contributed by atoms with E-state index in [1.165, 1.54) is 16.5 Å². The fourth-order valence-electron chi connectivity index (χ4n) is 3.82. The van der Waals surface area contributed by atoms with Crippen molar-refractivity contribution in [2.75, 3.05) is 5.32 Å². The van der Waals surface area contributed by atoms with Crippen molar-refractivity contribution in [3.05, 3.63) is 64.3 Å². The van der Waals surface area contributed by atoms with Crippen molar-refractivity contribution < 1.29 is 5.11 Å². The van der Waals surface area contributed by atoms with Gasteiger partial charge in [-0.05, 0) is 77.3 Å². The monoisotopic (exact) mass is 390 g/mol. The number of anilines is 1. The summed E-state index contributed by atoms with van der Waals surface area (Å²) < 4.78 is 0. The maximum Gasteiger partial charge on any atom is 0.123 e. The highest BCUT2D eigenvalue weighted by molar-refractivity contribution is 5.85. The van der Waals surface area contributed by atoms with Gasteiger partial charge in [-0.25, -0.2) is 0 Å². The van der Waals surface area contributed by atoms with Gasteiger partial charge in [-0.15, -0.1) is 0 Å². The molecule has 0 radical (unpaired) electrons. The Kier molecular flexibility index (Phi) is 5.38. The second-order valence-electron chi connectivity index (χ2n) is 10.2. The molecule has 0 fully saturated rings. The number of aryl methyl sites for hydroxylation is 2. The molecule has 0 aliphatic carbocycles. The molecule has 1 heterocycles. The van der Waals surface area contributed by atoms with Crippen molar-refractivity contribution in [3.63, 3.8) is 0 Å². The molecule has 0 amide bonds. The molecule has 0 aliphatic rings. The molecule has 0 saturated carbocycles. The molecule has 0 aliphatic heterocycles. The smallest absolute Gasteiger partial charge is 0.123 e. The van der Waals surface area contributed by atoms with Gasteiger partial charge in [0.1, 0.15) is 5.75 Å². The summed E-state index contributed by atoms with van der Waals surface area (Å²) in [6, 6.07) is 12.7. The fourth-order valence-corrected chi connectivity index (χ4v) is 3.82. The number of hydrogen-bond acceptors (Lipinski definition) is 3. The summed E-state index contributed by atoms with van der Waals surface area (Å²) in [5.74, 6) is 0.426. The average Bonchev–Trinajstić information content (AvgIpc) is 2.58. The highest BCUT2D eigenvalue weighted by atomic mass is 16.3. The van der Waals surface area contributed by atoms with E-state index in [9.17, 15) is 5.11 Å². The number of phenolic OH excluding ortho intramolecular Hbond substituents is 1. The van der Waals surface area contributed by atoms with Crippen LogP contribution in [-0.4, -0.2) is 10.1 Å². The van der Waals surface area contributed by atoms with E-state index in [1.54, 1.807) is 0 Å². The molecule has 29 heavy (non-hydrogen) atoms. The number of rotatable bonds is 3. The molecule has 154 valence electrons. The lowest BCUT2D eigenvalue weighted by atomic mass is 9.78. The van der Waals surface area contributed by atoms with E-state index in [0.29, 0.717) is 12.3 Å². The number of aromatic hydroxyl groups is 1. The molecule has 0 atom stereocenters. The van der Waals surface area contributed by atoms with Crippen molar-refractivity contribution in [1.29, 1.82) is 0 Å². The van der Waals surface area contributed by atoms with Gasteiger partial charge in [0.05, 0.1) is 5.52 Å². The molecule has 3 nitrogen and oxygen atoms in total. The Morgan fingerprint density at radius 3 is 2.00 bits per heavy atom. The van der Waals surface area contributed by atoms with Crippen LogP contribution in [0.3, 0.4) is 0 Å². The van der Waals surface area contributed by atoms with Gasteiger partial charge in [0.2, 0.25) is 0 Å². The van der Waals surface area contributed by atoms with Crippen LogP contribution in [0.2, 0.25) is 0 Å². The van der Waals surface area contributed by atoms with Crippen LogP contribution in [0.15, 0.2) is 36.4 Å². The normalized spacial score (nSPS) is 12.4. The Morgan fingerprint density at radius 2 is 1.45 bits per heavy atom. The summed E-state index contributed by atoms with van der Waals surface area (Å²) in [5, 5.41) is 15.6. The van der Waals surface area contributed by atoms with Gasteiger partial charge in [0.25, 0.3) is 0 Å². The van der Waals surface area contributed by atoms with Gasteiger partial charge >= 0.3 is 0 Å². The van der Waals surface area contributed by atoms with Crippen molar-refractivity contribution in [2.45, 2.75) is 72.8 Å². The van der Waals surface area contributed by atoms with E-state index in [1.807, 2.05) is 6.92 Å². The van der Waals surface area contributed by atoms with Gasteiger partial charge in [0, 0.05) is 23.3 Å². The Hall–Kier alpha value is -2.55. The first kappa shape index (κ1) is 21.2.